The molecule has 3 aromatic carbocycles. The number of morpholine rings is 1. The fourth-order valence-corrected chi connectivity index (χ4v) is 4.93. The Morgan fingerprint density at radius 1 is 1.03 bits per heavy atom. The number of amides is 1. The molecular weight excluding hydrogens is 474 g/mol. The van der Waals surface area contributed by atoms with Gasteiger partial charge in [-0.1, -0.05) is 30.3 Å². The van der Waals surface area contributed by atoms with Crippen molar-refractivity contribution in [2.75, 3.05) is 31.6 Å². The fourth-order valence-electron chi connectivity index (χ4n) is 3.50. The van der Waals surface area contributed by atoms with Crippen LogP contribution >= 0.6 is 0 Å². The molecule has 1 amide bonds. The molecule has 0 atom stereocenters. The molecule has 0 aliphatic carbocycles. The molecule has 1 heterocycles. The van der Waals surface area contributed by atoms with Gasteiger partial charge in [-0.15, -0.1) is 0 Å². The largest absolute Gasteiger partial charge is 0.482 e. The molecule has 0 spiro atoms. The van der Waals surface area contributed by atoms with E-state index in [4.69, 9.17) is 9.47 Å². The molecule has 1 aliphatic heterocycles. The average molecular weight is 498 g/mol. The van der Waals surface area contributed by atoms with Crippen molar-refractivity contribution in [3.63, 3.8) is 0 Å². The lowest BCUT2D eigenvalue weighted by atomic mass is 10.1. The Kier molecular flexibility index (Phi) is 7.39. The molecule has 0 aromatic heterocycles. The maximum Gasteiger partial charge on any atom is 0.312 e. The van der Waals surface area contributed by atoms with Crippen LogP contribution in [0.3, 0.4) is 0 Å². The van der Waals surface area contributed by atoms with Crippen molar-refractivity contribution in [3.05, 3.63) is 94.0 Å². The minimum absolute atomic E-state index is 0.00299. The second-order valence-corrected chi connectivity index (χ2v) is 9.65. The smallest absolute Gasteiger partial charge is 0.312 e. The monoisotopic (exact) mass is 497 g/mol. The van der Waals surface area contributed by atoms with E-state index < -0.39 is 20.6 Å². The molecule has 3 aromatic rings. The Labute approximate surface area is 202 Å². The molecule has 182 valence electrons. The number of para-hydroxylation sites is 1. The van der Waals surface area contributed by atoms with Gasteiger partial charge in [-0.3, -0.25) is 14.9 Å². The summed E-state index contributed by atoms with van der Waals surface area (Å²) >= 11 is 0. The van der Waals surface area contributed by atoms with Gasteiger partial charge in [0.05, 0.1) is 23.0 Å². The number of ether oxygens (including phenoxy) is 2. The number of carbonyl (C=O) groups excluding carboxylic acids is 1. The van der Waals surface area contributed by atoms with Crippen molar-refractivity contribution in [1.82, 2.24) is 4.31 Å². The quantitative estimate of drug-likeness (QED) is 0.373. The molecule has 0 radical (unpaired) electrons. The van der Waals surface area contributed by atoms with Gasteiger partial charge < -0.3 is 14.8 Å². The third-order valence-electron chi connectivity index (χ3n) is 5.38. The minimum Gasteiger partial charge on any atom is -0.482 e. The van der Waals surface area contributed by atoms with Crippen molar-refractivity contribution >= 4 is 27.3 Å². The van der Waals surface area contributed by atoms with E-state index in [0.29, 0.717) is 16.8 Å². The summed E-state index contributed by atoms with van der Waals surface area (Å²) in [5.41, 5.74) is 1.36. The van der Waals surface area contributed by atoms with Crippen LogP contribution in [-0.4, -0.2) is 49.9 Å². The number of benzene rings is 3. The lowest BCUT2D eigenvalue weighted by Crippen LogP contribution is -2.40. The van der Waals surface area contributed by atoms with E-state index in [1.54, 1.807) is 36.4 Å². The number of rotatable bonds is 8. The van der Waals surface area contributed by atoms with Gasteiger partial charge in [-0.25, -0.2) is 8.42 Å². The van der Waals surface area contributed by atoms with E-state index in [-0.39, 0.29) is 49.5 Å². The summed E-state index contributed by atoms with van der Waals surface area (Å²) in [5.74, 6) is -0.321. The van der Waals surface area contributed by atoms with E-state index in [1.165, 1.54) is 16.4 Å². The summed E-state index contributed by atoms with van der Waals surface area (Å²) in [6.07, 6.45) is 0. The van der Waals surface area contributed by atoms with E-state index in [2.05, 4.69) is 5.32 Å². The summed E-state index contributed by atoms with van der Waals surface area (Å²) in [6.45, 7) is 0.920. The van der Waals surface area contributed by atoms with E-state index in [0.717, 1.165) is 6.07 Å². The van der Waals surface area contributed by atoms with Crippen LogP contribution in [-0.2, 0) is 21.4 Å². The Balaban J connectivity index is 1.44. The van der Waals surface area contributed by atoms with E-state index in [1.807, 2.05) is 18.2 Å². The minimum atomic E-state index is -3.88. The van der Waals surface area contributed by atoms with Gasteiger partial charge in [-0.05, 0) is 42.0 Å². The van der Waals surface area contributed by atoms with Crippen molar-refractivity contribution in [3.8, 4) is 5.75 Å². The first-order valence-electron chi connectivity index (χ1n) is 10.8. The van der Waals surface area contributed by atoms with E-state index in [9.17, 15) is 23.3 Å². The highest BCUT2D eigenvalue weighted by atomic mass is 32.2. The molecule has 10 nitrogen and oxygen atoms in total. The first-order valence-corrected chi connectivity index (χ1v) is 12.2. The fraction of sp³-hybridized carbons (Fsp3) is 0.208. The SMILES string of the molecule is O=C(Nc1ccccc1)c1ccc(COc2ccc(S(=O)(=O)N3CCOCC3)cc2[N+](=O)[O-])cc1. The Morgan fingerprint density at radius 2 is 1.71 bits per heavy atom. The molecule has 1 saturated heterocycles. The molecule has 1 fully saturated rings. The summed E-state index contributed by atoms with van der Waals surface area (Å²) < 4.78 is 37.7. The molecule has 11 heteroatoms. The van der Waals surface area contributed by atoms with Crippen molar-refractivity contribution < 1.29 is 27.6 Å². The average Bonchev–Trinajstić information content (AvgIpc) is 2.88. The second kappa shape index (κ2) is 10.6. The standard InChI is InChI=1S/C24H23N3O7S/c28-24(25-20-4-2-1-3-5-20)19-8-6-18(7-9-19)17-34-23-11-10-21(16-22(23)27(29)30)35(31,32)26-12-14-33-15-13-26/h1-11,16H,12-15,17H2,(H,25,28). The number of sulfonamides is 1. The number of nitro groups is 1. The summed E-state index contributed by atoms with van der Waals surface area (Å²) in [4.78, 5) is 23.1. The molecule has 0 saturated carbocycles. The van der Waals surface area contributed by atoms with Crippen molar-refractivity contribution in [2.45, 2.75) is 11.5 Å². The number of hydrogen-bond acceptors (Lipinski definition) is 7. The van der Waals surface area contributed by atoms with Gasteiger partial charge in [0.25, 0.3) is 5.91 Å². The zero-order valence-corrected chi connectivity index (χ0v) is 19.4. The first-order chi connectivity index (χ1) is 16.8. The lowest BCUT2D eigenvalue weighted by molar-refractivity contribution is -0.386. The predicted octanol–water partition coefficient (Wildman–Crippen LogP) is 3.45. The Hall–Kier alpha value is -3.80. The number of nitrogens with one attached hydrogen (secondary N) is 1. The lowest BCUT2D eigenvalue weighted by Gasteiger charge is -2.26. The molecular formula is C24H23N3O7S. The highest BCUT2D eigenvalue weighted by Gasteiger charge is 2.29. The molecule has 0 unspecified atom stereocenters. The maximum absolute atomic E-state index is 12.8. The maximum atomic E-state index is 12.8. The molecule has 4 rings (SSSR count). The van der Waals surface area contributed by atoms with Crippen LogP contribution in [0, 0.1) is 10.1 Å². The van der Waals surface area contributed by atoms with Crippen LogP contribution in [0.4, 0.5) is 11.4 Å². The zero-order chi connectivity index (χ0) is 24.8. The van der Waals surface area contributed by atoms with Gasteiger partial charge >= 0.3 is 5.69 Å². The van der Waals surface area contributed by atoms with Crippen LogP contribution in [0.15, 0.2) is 77.7 Å². The first kappa shape index (κ1) is 24.3. The van der Waals surface area contributed by atoms with Gasteiger partial charge in [0, 0.05) is 30.4 Å². The number of nitro benzene ring substituents is 1. The van der Waals surface area contributed by atoms with Gasteiger partial charge in [-0.2, -0.15) is 4.31 Å². The van der Waals surface area contributed by atoms with Crippen molar-refractivity contribution in [2.24, 2.45) is 0 Å². The number of nitrogens with zero attached hydrogens (tertiary/aromatic N) is 2. The Morgan fingerprint density at radius 3 is 2.37 bits per heavy atom. The van der Waals surface area contributed by atoms with Gasteiger partial charge in [0.2, 0.25) is 10.0 Å². The number of hydrogen-bond donors (Lipinski definition) is 1. The third-order valence-corrected chi connectivity index (χ3v) is 7.27. The van der Waals surface area contributed by atoms with Gasteiger partial charge in [0.15, 0.2) is 5.75 Å². The number of carbonyl (C=O) groups is 1. The third kappa shape index (κ3) is 5.83. The van der Waals surface area contributed by atoms with Crippen LogP contribution in [0.2, 0.25) is 0 Å². The van der Waals surface area contributed by atoms with Gasteiger partial charge in [0.1, 0.15) is 6.61 Å². The molecule has 35 heavy (non-hydrogen) atoms. The van der Waals surface area contributed by atoms with Crippen LogP contribution in [0.5, 0.6) is 5.75 Å². The van der Waals surface area contributed by atoms with Crippen LogP contribution in [0.1, 0.15) is 15.9 Å². The Bertz CT molecular complexity index is 1310. The van der Waals surface area contributed by atoms with Crippen LogP contribution < -0.4 is 10.1 Å². The summed E-state index contributed by atoms with van der Waals surface area (Å²) in [6, 6.07) is 19.3. The highest BCUT2D eigenvalue weighted by molar-refractivity contribution is 7.89. The molecule has 0 bridgehead atoms. The summed E-state index contributed by atoms with van der Waals surface area (Å²) in [5, 5.41) is 14.4. The summed E-state index contributed by atoms with van der Waals surface area (Å²) in [7, 11) is -3.88. The topological polar surface area (TPSA) is 128 Å². The normalized spacial score (nSPS) is 14.3. The zero-order valence-electron chi connectivity index (χ0n) is 18.6. The van der Waals surface area contributed by atoms with Crippen molar-refractivity contribution in [1.29, 1.82) is 0 Å². The molecule has 1 aliphatic rings. The van der Waals surface area contributed by atoms with E-state index >= 15 is 0 Å². The second-order valence-electron chi connectivity index (χ2n) is 7.71. The predicted molar refractivity (Wildman–Crippen MR) is 128 cm³/mol. The van der Waals surface area contributed by atoms with Crippen LogP contribution in [0.25, 0.3) is 0 Å². The molecule has 1 N–H and O–H groups in total. The number of anilines is 1. The highest BCUT2D eigenvalue weighted by Crippen LogP contribution is 2.31.